The molecular formula is C31H63N5O4. The summed E-state index contributed by atoms with van der Waals surface area (Å²) >= 11 is 0. The van der Waals surface area contributed by atoms with Crippen LogP contribution in [0.4, 0.5) is 0 Å². The summed E-state index contributed by atoms with van der Waals surface area (Å²) in [5.74, 6) is 0.124. The van der Waals surface area contributed by atoms with Gasteiger partial charge in [0, 0.05) is 62.6 Å². The number of ether oxygens (including phenoxy) is 1. The molecule has 0 aliphatic carbocycles. The third-order valence-electron chi connectivity index (χ3n) is 9.50. The van der Waals surface area contributed by atoms with Crippen molar-refractivity contribution in [3.63, 3.8) is 0 Å². The van der Waals surface area contributed by atoms with Gasteiger partial charge >= 0.3 is 5.97 Å². The van der Waals surface area contributed by atoms with Gasteiger partial charge in [-0.25, -0.2) is 0 Å². The summed E-state index contributed by atoms with van der Waals surface area (Å²) in [6.45, 7) is 15.0. The number of esters is 1. The summed E-state index contributed by atoms with van der Waals surface area (Å²) in [7, 11) is 14.0. The molecule has 2 atom stereocenters. The largest absolute Gasteiger partial charge is 0.466 e. The Balaban J connectivity index is 4.87. The monoisotopic (exact) mass is 569 g/mol. The Morgan fingerprint density at radius 3 is 1.52 bits per heavy atom. The molecule has 0 bridgehead atoms. The minimum Gasteiger partial charge on any atom is -0.466 e. The van der Waals surface area contributed by atoms with E-state index in [0.717, 1.165) is 32.4 Å². The first-order valence-electron chi connectivity index (χ1n) is 15.0. The van der Waals surface area contributed by atoms with Crippen molar-refractivity contribution in [3.8, 4) is 0 Å². The van der Waals surface area contributed by atoms with Gasteiger partial charge in [-0.1, -0.05) is 0 Å². The molecule has 0 aromatic heterocycles. The Bertz CT molecular complexity index is 782. The molecular weight excluding hydrogens is 506 g/mol. The lowest BCUT2D eigenvalue weighted by Gasteiger charge is -2.39. The number of carbonyl (C=O) groups is 3. The number of carbonyl (C=O) groups excluding carboxylic acids is 3. The van der Waals surface area contributed by atoms with Crippen LogP contribution < -0.4 is 0 Å². The van der Waals surface area contributed by atoms with E-state index in [1.165, 1.54) is 0 Å². The van der Waals surface area contributed by atoms with Crippen molar-refractivity contribution in [2.75, 3.05) is 75.6 Å². The van der Waals surface area contributed by atoms with Gasteiger partial charge in [0.1, 0.15) is 0 Å². The Morgan fingerprint density at radius 1 is 0.600 bits per heavy atom. The van der Waals surface area contributed by atoms with E-state index in [1.54, 1.807) is 0 Å². The van der Waals surface area contributed by atoms with Crippen LogP contribution in [0.5, 0.6) is 0 Å². The fourth-order valence-electron chi connectivity index (χ4n) is 4.44. The molecule has 0 saturated heterocycles. The average Bonchev–Trinajstić information content (AvgIpc) is 2.88. The van der Waals surface area contributed by atoms with Gasteiger partial charge < -0.3 is 29.2 Å². The predicted octanol–water partition coefficient (Wildman–Crippen LogP) is 3.96. The Labute approximate surface area is 246 Å². The fourth-order valence-corrected chi connectivity index (χ4v) is 4.44. The number of nitrogens with zero attached hydrogens (tertiary/aromatic N) is 5. The second-order valence-corrected chi connectivity index (χ2v) is 13.1. The molecule has 0 N–H and O–H groups in total. The second kappa shape index (κ2) is 17.3. The first-order valence-corrected chi connectivity index (χ1v) is 15.0. The van der Waals surface area contributed by atoms with Gasteiger partial charge in [0.05, 0.1) is 6.61 Å². The molecule has 0 fully saturated rings. The number of hydrogen-bond donors (Lipinski definition) is 0. The van der Waals surface area contributed by atoms with Crippen LogP contribution in [0.25, 0.3) is 0 Å². The van der Waals surface area contributed by atoms with Gasteiger partial charge in [-0.15, -0.1) is 0 Å². The summed E-state index contributed by atoms with van der Waals surface area (Å²) in [5.41, 5.74) is -0.500. The van der Waals surface area contributed by atoms with Crippen molar-refractivity contribution in [3.05, 3.63) is 0 Å². The van der Waals surface area contributed by atoms with Crippen LogP contribution in [0, 0.1) is 0 Å². The zero-order chi connectivity index (χ0) is 31.3. The van der Waals surface area contributed by atoms with Gasteiger partial charge in [-0.2, -0.15) is 0 Å². The second-order valence-electron chi connectivity index (χ2n) is 13.1. The summed E-state index contributed by atoms with van der Waals surface area (Å²) in [5, 5.41) is 0. The number of hydrogen-bond acceptors (Lipinski definition) is 7. The predicted molar refractivity (Wildman–Crippen MR) is 165 cm³/mol. The average molecular weight is 570 g/mol. The van der Waals surface area contributed by atoms with Crippen molar-refractivity contribution in [1.82, 2.24) is 24.5 Å². The molecule has 2 amide bonds. The van der Waals surface area contributed by atoms with Gasteiger partial charge in [-0.05, 0) is 116 Å². The molecule has 9 nitrogen and oxygen atoms in total. The van der Waals surface area contributed by atoms with Crippen LogP contribution in [0.3, 0.4) is 0 Å². The molecule has 0 spiro atoms. The topological polar surface area (TPSA) is 76.6 Å². The smallest absolute Gasteiger partial charge is 0.305 e. The Kier molecular flexibility index (Phi) is 16.6. The molecule has 0 radical (unpaired) electrons. The van der Waals surface area contributed by atoms with Crippen LogP contribution in [-0.4, -0.2) is 134 Å². The van der Waals surface area contributed by atoms with E-state index < -0.39 is 0 Å². The minimum absolute atomic E-state index is 0.0592. The molecule has 0 aromatic rings. The third-order valence-corrected chi connectivity index (χ3v) is 9.50. The van der Waals surface area contributed by atoms with Gasteiger partial charge in [0.2, 0.25) is 11.8 Å². The van der Waals surface area contributed by atoms with E-state index in [-0.39, 0.29) is 34.4 Å². The summed E-state index contributed by atoms with van der Waals surface area (Å²) in [4.78, 5) is 48.1. The van der Waals surface area contributed by atoms with Crippen LogP contribution in [-0.2, 0) is 19.1 Å². The van der Waals surface area contributed by atoms with E-state index >= 15 is 0 Å². The molecule has 0 rings (SSSR count). The molecule has 0 aromatic carbocycles. The fraction of sp³-hybridized carbons (Fsp3) is 0.903. The molecule has 40 heavy (non-hydrogen) atoms. The molecule has 0 aliphatic heterocycles. The molecule has 2 unspecified atom stereocenters. The molecule has 9 heteroatoms. The summed E-state index contributed by atoms with van der Waals surface area (Å²) in [6.07, 6.45) is 4.95. The van der Waals surface area contributed by atoms with Crippen LogP contribution in [0.2, 0.25) is 0 Å². The number of rotatable bonds is 20. The standard InChI is InChI=1S/C31H63N5O4/c1-14-36(15-2)27(38)17-21-30(5,33(9)10)22-24-35(13)26(37)16-20-31(6,34(11)12)23-25-40-28(39)18-19-29(3,4)32(7)8/h14-25H2,1-13H3. The summed E-state index contributed by atoms with van der Waals surface area (Å²) in [6, 6.07) is 0. The van der Waals surface area contributed by atoms with E-state index in [2.05, 4.69) is 42.4 Å². The van der Waals surface area contributed by atoms with Gasteiger partial charge in [-0.3, -0.25) is 14.4 Å². The van der Waals surface area contributed by atoms with Gasteiger partial charge in [0.15, 0.2) is 0 Å². The normalized spacial score (nSPS) is 15.2. The highest BCUT2D eigenvalue weighted by molar-refractivity contribution is 5.76. The lowest BCUT2D eigenvalue weighted by Crippen LogP contribution is -2.46. The summed E-state index contributed by atoms with van der Waals surface area (Å²) < 4.78 is 5.57. The maximum absolute atomic E-state index is 13.1. The molecule has 236 valence electrons. The minimum atomic E-state index is -0.261. The Hall–Kier alpha value is -1.71. The first kappa shape index (κ1) is 38.3. The third kappa shape index (κ3) is 12.9. The lowest BCUT2D eigenvalue weighted by molar-refractivity contribution is -0.145. The SMILES string of the molecule is CCN(CC)C(=O)CCC(C)(CCN(C)C(=O)CCC(C)(CCOC(=O)CCC(C)(C)N(C)C)N(C)C)N(C)C. The van der Waals surface area contributed by atoms with E-state index in [0.29, 0.717) is 45.3 Å². The van der Waals surface area contributed by atoms with Crippen molar-refractivity contribution in [2.24, 2.45) is 0 Å². The van der Waals surface area contributed by atoms with Crippen LogP contribution >= 0.6 is 0 Å². The van der Waals surface area contributed by atoms with E-state index in [1.807, 2.05) is 73.0 Å². The zero-order valence-corrected chi connectivity index (χ0v) is 28.4. The maximum atomic E-state index is 13.1. The van der Waals surface area contributed by atoms with Crippen molar-refractivity contribution in [2.45, 2.75) is 110 Å². The lowest BCUT2D eigenvalue weighted by atomic mass is 9.89. The molecule has 0 aliphatic rings. The molecule has 0 heterocycles. The van der Waals surface area contributed by atoms with Crippen molar-refractivity contribution in [1.29, 1.82) is 0 Å². The zero-order valence-electron chi connectivity index (χ0n) is 28.4. The highest BCUT2D eigenvalue weighted by Gasteiger charge is 2.31. The first-order chi connectivity index (χ1) is 18.3. The highest BCUT2D eigenvalue weighted by atomic mass is 16.5. The number of amides is 2. The van der Waals surface area contributed by atoms with Crippen LogP contribution in [0.15, 0.2) is 0 Å². The quantitative estimate of drug-likeness (QED) is 0.206. The van der Waals surface area contributed by atoms with Crippen molar-refractivity contribution >= 4 is 17.8 Å². The highest BCUT2D eigenvalue weighted by Crippen LogP contribution is 2.26. The van der Waals surface area contributed by atoms with E-state index in [9.17, 15) is 14.4 Å². The van der Waals surface area contributed by atoms with Crippen molar-refractivity contribution < 1.29 is 19.1 Å². The van der Waals surface area contributed by atoms with Gasteiger partial charge in [0.25, 0.3) is 0 Å². The maximum Gasteiger partial charge on any atom is 0.305 e. The molecule has 0 saturated carbocycles. The van der Waals surface area contributed by atoms with E-state index in [4.69, 9.17) is 4.74 Å². The Morgan fingerprint density at radius 2 is 1.07 bits per heavy atom. The van der Waals surface area contributed by atoms with Crippen LogP contribution in [0.1, 0.15) is 92.9 Å².